The molecule has 0 radical (unpaired) electrons. The molecule has 128 valence electrons. The maximum atomic E-state index is 12.4. The molecule has 6 nitrogen and oxygen atoms in total. The van der Waals surface area contributed by atoms with Gasteiger partial charge in [0.25, 0.3) is 5.91 Å². The van der Waals surface area contributed by atoms with Crippen LogP contribution in [0.1, 0.15) is 28.4 Å². The quantitative estimate of drug-likeness (QED) is 0.932. The van der Waals surface area contributed by atoms with Gasteiger partial charge in [-0.1, -0.05) is 6.07 Å². The monoisotopic (exact) mass is 338 g/mol. The minimum Gasteiger partial charge on any atom is -0.454 e. The van der Waals surface area contributed by atoms with Gasteiger partial charge in [-0.05, 0) is 47.9 Å². The zero-order chi connectivity index (χ0) is 17.4. The molecule has 6 heteroatoms. The summed E-state index contributed by atoms with van der Waals surface area (Å²) in [6.07, 6.45) is 0.776. The van der Waals surface area contributed by atoms with Gasteiger partial charge in [-0.15, -0.1) is 0 Å². The molecule has 0 atom stereocenters. The predicted molar refractivity (Wildman–Crippen MR) is 91.9 cm³/mol. The fraction of sp³-hybridized carbons (Fsp3) is 0.263. The van der Waals surface area contributed by atoms with E-state index in [0.717, 1.165) is 29.0 Å². The van der Waals surface area contributed by atoms with Gasteiger partial charge in [-0.25, -0.2) is 0 Å². The second-order valence-corrected chi connectivity index (χ2v) is 6.13. The van der Waals surface area contributed by atoms with Gasteiger partial charge in [0, 0.05) is 31.3 Å². The fourth-order valence-corrected chi connectivity index (χ4v) is 3.21. The summed E-state index contributed by atoms with van der Waals surface area (Å²) in [5, 5.41) is 2.92. The molecular weight excluding hydrogens is 320 g/mol. The number of fused-ring (bicyclic) bond motifs is 2. The maximum Gasteiger partial charge on any atom is 0.251 e. The molecular formula is C19H18N2O4. The van der Waals surface area contributed by atoms with E-state index in [0.29, 0.717) is 24.4 Å². The third-order valence-electron chi connectivity index (χ3n) is 4.51. The van der Waals surface area contributed by atoms with Gasteiger partial charge in [-0.3, -0.25) is 9.59 Å². The van der Waals surface area contributed by atoms with Gasteiger partial charge in [0.1, 0.15) is 0 Å². The van der Waals surface area contributed by atoms with E-state index in [1.54, 1.807) is 17.9 Å². The van der Waals surface area contributed by atoms with E-state index >= 15 is 0 Å². The molecule has 0 bridgehead atoms. The predicted octanol–water partition coefficient (Wildman–Crippen LogP) is 2.25. The van der Waals surface area contributed by atoms with Crippen molar-refractivity contribution in [3.05, 3.63) is 53.1 Å². The molecule has 0 unspecified atom stereocenters. The Balaban J connectivity index is 1.44. The average molecular weight is 338 g/mol. The molecule has 2 aliphatic rings. The highest BCUT2D eigenvalue weighted by Crippen LogP contribution is 2.32. The van der Waals surface area contributed by atoms with E-state index in [-0.39, 0.29) is 18.6 Å². The number of benzene rings is 2. The molecule has 25 heavy (non-hydrogen) atoms. The minimum atomic E-state index is -0.137. The Kier molecular flexibility index (Phi) is 3.80. The second kappa shape index (κ2) is 6.12. The Morgan fingerprint density at radius 3 is 2.80 bits per heavy atom. The summed E-state index contributed by atoms with van der Waals surface area (Å²) < 4.78 is 10.6. The van der Waals surface area contributed by atoms with Crippen molar-refractivity contribution in [1.82, 2.24) is 5.32 Å². The molecule has 0 aromatic heterocycles. The largest absolute Gasteiger partial charge is 0.454 e. The summed E-state index contributed by atoms with van der Waals surface area (Å²) in [7, 11) is 0. The number of nitrogens with one attached hydrogen (secondary N) is 1. The van der Waals surface area contributed by atoms with E-state index in [4.69, 9.17) is 9.47 Å². The zero-order valence-corrected chi connectivity index (χ0v) is 13.9. The van der Waals surface area contributed by atoms with Gasteiger partial charge in [0.05, 0.1) is 0 Å². The number of nitrogens with zero attached hydrogens (tertiary/aromatic N) is 1. The van der Waals surface area contributed by atoms with Crippen LogP contribution in [-0.4, -0.2) is 25.2 Å². The van der Waals surface area contributed by atoms with E-state index in [2.05, 4.69) is 5.32 Å². The number of hydrogen-bond acceptors (Lipinski definition) is 4. The number of hydrogen-bond donors (Lipinski definition) is 1. The molecule has 2 aromatic carbocycles. The van der Waals surface area contributed by atoms with Crippen molar-refractivity contribution in [3.8, 4) is 11.5 Å². The molecule has 0 spiro atoms. The Bertz CT molecular complexity index is 862. The number of carbonyl (C=O) groups is 2. The lowest BCUT2D eigenvalue weighted by Gasteiger charge is -2.14. The molecule has 2 heterocycles. The molecule has 2 aromatic rings. The first-order valence-corrected chi connectivity index (χ1v) is 8.19. The fourth-order valence-electron chi connectivity index (χ4n) is 3.21. The van der Waals surface area contributed by atoms with Gasteiger partial charge < -0.3 is 19.7 Å². The van der Waals surface area contributed by atoms with Crippen LogP contribution in [0.5, 0.6) is 11.5 Å². The third kappa shape index (κ3) is 2.91. The molecule has 0 aliphatic carbocycles. The summed E-state index contributed by atoms with van der Waals surface area (Å²) >= 11 is 0. The van der Waals surface area contributed by atoms with Crippen LogP contribution >= 0.6 is 0 Å². The van der Waals surface area contributed by atoms with Crippen molar-refractivity contribution in [2.75, 3.05) is 18.2 Å². The highest BCUT2D eigenvalue weighted by atomic mass is 16.7. The molecule has 2 aliphatic heterocycles. The Morgan fingerprint density at radius 2 is 1.96 bits per heavy atom. The van der Waals surface area contributed by atoms with Crippen LogP contribution in [0.4, 0.5) is 5.69 Å². The summed E-state index contributed by atoms with van der Waals surface area (Å²) in [5.41, 5.74) is 3.48. The summed E-state index contributed by atoms with van der Waals surface area (Å²) in [6.45, 7) is 2.87. The highest BCUT2D eigenvalue weighted by Gasteiger charge is 2.23. The van der Waals surface area contributed by atoms with Crippen LogP contribution in [0.3, 0.4) is 0 Å². The van der Waals surface area contributed by atoms with E-state index in [1.165, 1.54) is 0 Å². The summed E-state index contributed by atoms with van der Waals surface area (Å²) in [6, 6.07) is 11.1. The first-order valence-electron chi connectivity index (χ1n) is 8.19. The van der Waals surface area contributed by atoms with Crippen molar-refractivity contribution in [2.45, 2.75) is 19.9 Å². The Labute approximate surface area is 145 Å². The second-order valence-electron chi connectivity index (χ2n) is 6.13. The smallest absolute Gasteiger partial charge is 0.251 e. The molecule has 0 saturated carbocycles. The summed E-state index contributed by atoms with van der Waals surface area (Å²) in [4.78, 5) is 25.8. The average Bonchev–Trinajstić information content (AvgIpc) is 3.24. The van der Waals surface area contributed by atoms with Crippen molar-refractivity contribution >= 4 is 17.5 Å². The number of rotatable bonds is 3. The standard InChI is InChI=1S/C19H18N2O4/c1-12(22)21-7-6-14-9-15(3-4-16(14)21)19(23)20-10-13-2-5-17-18(8-13)25-11-24-17/h2-5,8-9H,6-7,10-11H2,1H3,(H,20,23). The normalized spacial score (nSPS) is 14.4. The first kappa shape index (κ1) is 15.5. The number of amides is 2. The van der Waals surface area contributed by atoms with E-state index < -0.39 is 0 Å². The van der Waals surface area contributed by atoms with Crippen molar-refractivity contribution < 1.29 is 19.1 Å². The summed E-state index contributed by atoms with van der Waals surface area (Å²) in [5.74, 6) is 1.32. The molecule has 1 N–H and O–H groups in total. The lowest BCUT2D eigenvalue weighted by Crippen LogP contribution is -2.26. The zero-order valence-electron chi connectivity index (χ0n) is 13.9. The number of ether oxygens (including phenoxy) is 2. The molecule has 4 rings (SSSR count). The first-order chi connectivity index (χ1) is 12.1. The van der Waals surface area contributed by atoms with Gasteiger partial charge >= 0.3 is 0 Å². The van der Waals surface area contributed by atoms with Crippen LogP contribution in [0.2, 0.25) is 0 Å². The molecule has 0 saturated heterocycles. The van der Waals surface area contributed by atoms with Crippen molar-refractivity contribution in [1.29, 1.82) is 0 Å². The minimum absolute atomic E-state index is 0.0266. The van der Waals surface area contributed by atoms with Crippen LogP contribution in [0, 0.1) is 0 Å². The SMILES string of the molecule is CC(=O)N1CCc2cc(C(=O)NCc3ccc4c(c3)OCO4)ccc21. The lowest BCUT2D eigenvalue weighted by molar-refractivity contribution is -0.116. The highest BCUT2D eigenvalue weighted by molar-refractivity contribution is 5.97. The Morgan fingerprint density at radius 1 is 1.12 bits per heavy atom. The van der Waals surface area contributed by atoms with Crippen molar-refractivity contribution in [3.63, 3.8) is 0 Å². The molecule has 2 amide bonds. The number of carbonyl (C=O) groups excluding carboxylic acids is 2. The van der Waals surface area contributed by atoms with Crippen LogP contribution in [-0.2, 0) is 17.8 Å². The van der Waals surface area contributed by atoms with Gasteiger partial charge in [-0.2, -0.15) is 0 Å². The Hall–Kier alpha value is -3.02. The van der Waals surface area contributed by atoms with Crippen LogP contribution in [0.15, 0.2) is 36.4 Å². The van der Waals surface area contributed by atoms with Crippen molar-refractivity contribution in [2.24, 2.45) is 0 Å². The van der Waals surface area contributed by atoms with E-state index in [1.807, 2.05) is 30.3 Å². The maximum absolute atomic E-state index is 12.4. The number of anilines is 1. The van der Waals surface area contributed by atoms with E-state index in [9.17, 15) is 9.59 Å². The van der Waals surface area contributed by atoms with Crippen LogP contribution < -0.4 is 19.7 Å². The molecule has 0 fully saturated rings. The lowest BCUT2D eigenvalue weighted by atomic mass is 10.1. The van der Waals surface area contributed by atoms with Gasteiger partial charge in [0.2, 0.25) is 12.7 Å². The third-order valence-corrected chi connectivity index (χ3v) is 4.51. The topological polar surface area (TPSA) is 67.9 Å². The van der Waals surface area contributed by atoms with Gasteiger partial charge in [0.15, 0.2) is 11.5 Å². The van der Waals surface area contributed by atoms with Crippen LogP contribution in [0.25, 0.3) is 0 Å².